The molecule has 134 valence electrons. The van der Waals surface area contributed by atoms with Crippen molar-refractivity contribution < 1.29 is 4.79 Å². The molecule has 0 radical (unpaired) electrons. The van der Waals surface area contributed by atoms with Gasteiger partial charge in [0.15, 0.2) is 0 Å². The number of hydrogen-bond acceptors (Lipinski definition) is 3. The van der Waals surface area contributed by atoms with Crippen LogP contribution < -0.4 is 5.32 Å². The number of carbonyl (C=O) groups excluding carboxylic acids is 1. The molecule has 0 saturated carbocycles. The second-order valence-corrected chi connectivity index (χ2v) is 7.96. The molecule has 0 unspecified atom stereocenters. The van der Waals surface area contributed by atoms with E-state index in [1.165, 1.54) is 5.56 Å². The lowest BCUT2D eigenvalue weighted by Gasteiger charge is -2.08. The number of anilines is 1. The fourth-order valence-corrected chi connectivity index (χ4v) is 4.40. The molecule has 0 aliphatic heterocycles. The van der Waals surface area contributed by atoms with Gasteiger partial charge in [0.25, 0.3) is 5.91 Å². The largest absolute Gasteiger partial charge is 0.322 e. The number of hydrogen-bond donors (Lipinski definition) is 1. The number of rotatable bonds is 3. The summed E-state index contributed by atoms with van der Waals surface area (Å²) in [7, 11) is 0. The molecule has 0 spiro atoms. The Hall–Kier alpha value is -2.40. The molecule has 6 heteroatoms. The number of nitrogens with zero attached hydrogens (tertiary/aromatic N) is 1. The standard InChI is InChI=1S/C21H14Cl2N2OS/c1-12-5-10-17-18(11-12)27-21(25-17)13-6-8-14(9-7-13)24-20(26)19-15(22)3-2-4-16(19)23/h2-11H,1H3,(H,24,26). The molecule has 1 aromatic heterocycles. The minimum Gasteiger partial charge on any atom is -0.322 e. The summed E-state index contributed by atoms with van der Waals surface area (Å²) in [5.41, 5.74) is 4.14. The van der Waals surface area contributed by atoms with Crippen molar-refractivity contribution in [1.29, 1.82) is 0 Å². The van der Waals surface area contributed by atoms with Gasteiger partial charge in [-0.1, -0.05) is 35.3 Å². The van der Waals surface area contributed by atoms with Crippen LogP contribution in [0.1, 0.15) is 15.9 Å². The highest BCUT2D eigenvalue weighted by molar-refractivity contribution is 7.21. The summed E-state index contributed by atoms with van der Waals surface area (Å²) in [6.07, 6.45) is 0. The molecule has 0 saturated heterocycles. The summed E-state index contributed by atoms with van der Waals surface area (Å²) in [4.78, 5) is 17.2. The van der Waals surface area contributed by atoms with Crippen molar-refractivity contribution >= 4 is 56.3 Å². The van der Waals surface area contributed by atoms with E-state index < -0.39 is 0 Å². The van der Waals surface area contributed by atoms with Crippen LogP contribution in [-0.2, 0) is 0 Å². The first-order valence-corrected chi connectivity index (χ1v) is 9.81. The highest BCUT2D eigenvalue weighted by Crippen LogP contribution is 2.31. The molecule has 0 aliphatic rings. The van der Waals surface area contributed by atoms with Crippen molar-refractivity contribution in [3.8, 4) is 10.6 Å². The number of fused-ring (bicyclic) bond motifs is 1. The molecule has 1 heterocycles. The Morgan fingerprint density at radius 1 is 1.00 bits per heavy atom. The van der Waals surface area contributed by atoms with Crippen LogP contribution in [0.3, 0.4) is 0 Å². The predicted octanol–water partition coefficient (Wildman–Crippen LogP) is 6.83. The Labute approximate surface area is 170 Å². The first-order chi connectivity index (χ1) is 13.0. The van der Waals surface area contributed by atoms with Crippen LogP contribution in [0.15, 0.2) is 60.7 Å². The van der Waals surface area contributed by atoms with Crippen molar-refractivity contribution in [3.63, 3.8) is 0 Å². The number of thiazole rings is 1. The molecular weight excluding hydrogens is 399 g/mol. The lowest BCUT2D eigenvalue weighted by Crippen LogP contribution is -2.13. The van der Waals surface area contributed by atoms with Crippen LogP contribution in [0.5, 0.6) is 0 Å². The maximum atomic E-state index is 12.5. The zero-order valence-corrected chi connectivity index (χ0v) is 16.6. The Kier molecular flexibility index (Phi) is 4.87. The first kappa shape index (κ1) is 18.0. The molecule has 4 rings (SSSR count). The van der Waals surface area contributed by atoms with Gasteiger partial charge in [0.1, 0.15) is 5.01 Å². The van der Waals surface area contributed by atoms with Gasteiger partial charge in [-0.3, -0.25) is 4.79 Å². The number of benzene rings is 3. The van der Waals surface area contributed by atoms with E-state index in [0.717, 1.165) is 20.8 Å². The molecule has 3 aromatic carbocycles. The fourth-order valence-electron chi connectivity index (χ4n) is 2.76. The number of aromatic nitrogens is 1. The quantitative estimate of drug-likeness (QED) is 0.400. The Morgan fingerprint density at radius 2 is 1.70 bits per heavy atom. The number of amides is 1. The molecule has 1 N–H and O–H groups in total. The Bertz CT molecular complexity index is 1130. The van der Waals surface area contributed by atoms with Crippen molar-refractivity contribution in [3.05, 3.63) is 81.8 Å². The summed E-state index contributed by atoms with van der Waals surface area (Å²) in [5.74, 6) is -0.339. The molecule has 0 atom stereocenters. The topological polar surface area (TPSA) is 42.0 Å². The molecule has 0 fully saturated rings. The van der Waals surface area contributed by atoms with Crippen molar-refractivity contribution in [2.24, 2.45) is 0 Å². The summed E-state index contributed by atoms with van der Waals surface area (Å²) in [6, 6.07) is 18.8. The molecule has 0 aliphatic carbocycles. The maximum Gasteiger partial charge on any atom is 0.258 e. The first-order valence-electron chi connectivity index (χ1n) is 8.24. The smallest absolute Gasteiger partial charge is 0.258 e. The number of aryl methyl sites for hydroxylation is 1. The second kappa shape index (κ2) is 7.31. The zero-order chi connectivity index (χ0) is 19.0. The number of nitrogens with one attached hydrogen (secondary N) is 1. The van der Waals surface area contributed by atoms with Gasteiger partial charge in [-0.05, 0) is 61.0 Å². The number of carbonyl (C=O) groups is 1. The van der Waals surface area contributed by atoms with Gasteiger partial charge in [-0.2, -0.15) is 0 Å². The monoisotopic (exact) mass is 412 g/mol. The Balaban J connectivity index is 1.57. The van der Waals surface area contributed by atoms with E-state index in [-0.39, 0.29) is 11.5 Å². The van der Waals surface area contributed by atoms with Crippen molar-refractivity contribution in [2.75, 3.05) is 5.32 Å². The fraction of sp³-hybridized carbons (Fsp3) is 0.0476. The van der Waals surface area contributed by atoms with E-state index in [1.807, 2.05) is 30.3 Å². The van der Waals surface area contributed by atoms with E-state index >= 15 is 0 Å². The maximum absolute atomic E-state index is 12.5. The van der Waals surface area contributed by atoms with E-state index in [2.05, 4.69) is 29.4 Å². The van der Waals surface area contributed by atoms with Crippen LogP contribution in [0, 0.1) is 6.92 Å². The molecule has 27 heavy (non-hydrogen) atoms. The summed E-state index contributed by atoms with van der Waals surface area (Å²) in [6.45, 7) is 2.07. The predicted molar refractivity (Wildman–Crippen MR) is 114 cm³/mol. The van der Waals surface area contributed by atoms with Gasteiger partial charge in [-0.25, -0.2) is 4.98 Å². The van der Waals surface area contributed by atoms with Crippen LogP contribution in [0.2, 0.25) is 10.0 Å². The van der Waals surface area contributed by atoms with E-state index in [1.54, 1.807) is 29.5 Å². The van der Waals surface area contributed by atoms with Crippen LogP contribution in [-0.4, -0.2) is 10.9 Å². The Morgan fingerprint density at radius 3 is 2.41 bits per heavy atom. The van der Waals surface area contributed by atoms with Gasteiger partial charge in [0.2, 0.25) is 0 Å². The molecule has 4 aromatic rings. The SMILES string of the molecule is Cc1ccc2nc(-c3ccc(NC(=O)c4c(Cl)cccc4Cl)cc3)sc2c1. The van der Waals surface area contributed by atoms with Gasteiger partial charge in [0.05, 0.1) is 25.8 Å². The second-order valence-electron chi connectivity index (χ2n) is 6.12. The minimum atomic E-state index is -0.339. The van der Waals surface area contributed by atoms with Gasteiger partial charge in [0, 0.05) is 11.3 Å². The van der Waals surface area contributed by atoms with Crippen LogP contribution in [0.4, 0.5) is 5.69 Å². The highest BCUT2D eigenvalue weighted by atomic mass is 35.5. The van der Waals surface area contributed by atoms with E-state index in [9.17, 15) is 4.79 Å². The zero-order valence-electron chi connectivity index (χ0n) is 14.3. The normalized spacial score (nSPS) is 10.9. The molecule has 3 nitrogen and oxygen atoms in total. The highest BCUT2D eigenvalue weighted by Gasteiger charge is 2.15. The van der Waals surface area contributed by atoms with Gasteiger partial charge >= 0.3 is 0 Å². The van der Waals surface area contributed by atoms with Crippen LogP contribution in [0.25, 0.3) is 20.8 Å². The van der Waals surface area contributed by atoms with Crippen molar-refractivity contribution in [2.45, 2.75) is 6.92 Å². The molecule has 0 bridgehead atoms. The van der Waals surface area contributed by atoms with E-state index in [4.69, 9.17) is 23.2 Å². The van der Waals surface area contributed by atoms with Crippen LogP contribution >= 0.6 is 34.5 Å². The summed E-state index contributed by atoms with van der Waals surface area (Å²) in [5, 5.41) is 4.42. The molecule has 1 amide bonds. The summed E-state index contributed by atoms with van der Waals surface area (Å²) >= 11 is 13.8. The van der Waals surface area contributed by atoms with E-state index in [0.29, 0.717) is 15.7 Å². The third-order valence-corrected chi connectivity index (χ3v) is 5.82. The lowest BCUT2D eigenvalue weighted by molar-refractivity contribution is 0.102. The summed E-state index contributed by atoms with van der Waals surface area (Å²) < 4.78 is 1.16. The van der Waals surface area contributed by atoms with Gasteiger partial charge < -0.3 is 5.32 Å². The lowest BCUT2D eigenvalue weighted by atomic mass is 10.2. The average Bonchev–Trinajstić information content (AvgIpc) is 3.05. The minimum absolute atomic E-state index is 0.270. The molecular formula is C21H14Cl2N2OS. The number of halogens is 2. The average molecular weight is 413 g/mol. The van der Waals surface area contributed by atoms with Gasteiger partial charge in [-0.15, -0.1) is 11.3 Å². The third-order valence-electron chi connectivity index (χ3n) is 4.12. The third kappa shape index (κ3) is 3.69. The van der Waals surface area contributed by atoms with Crippen molar-refractivity contribution in [1.82, 2.24) is 4.98 Å².